The maximum atomic E-state index is 13.9. The summed E-state index contributed by atoms with van der Waals surface area (Å²) in [5, 5.41) is 2.77. The predicted molar refractivity (Wildman–Crippen MR) is 147 cm³/mol. The van der Waals surface area contributed by atoms with Crippen LogP contribution in [0.2, 0.25) is 0 Å². The Morgan fingerprint density at radius 1 is 0.919 bits per heavy atom. The maximum Gasteiger partial charge on any atom is 0.280 e. The van der Waals surface area contributed by atoms with Crippen LogP contribution in [0.4, 0.5) is 11.4 Å². The second kappa shape index (κ2) is 9.69. The number of nitrogens with one attached hydrogen (secondary N) is 1. The number of oxazole rings is 1. The van der Waals surface area contributed by atoms with Gasteiger partial charge in [-0.25, -0.2) is 4.98 Å². The molecule has 1 aliphatic rings. The van der Waals surface area contributed by atoms with Crippen molar-refractivity contribution in [3.8, 4) is 22.8 Å². The molecule has 0 aliphatic carbocycles. The number of aryl methyl sites for hydroxylation is 1. The van der Waals surface area contributed by atoms with Gasteiger partial charge < -0.3 is 14.6 Å². The van der Waals surface area contributed by atoms with E-state index in [0.29, 0.717) is 29.4 Å². The van der Waals surface area contributed by atoms with Crippen LogP contribution in [0.25, 0.3) is 22.8 Å². The minimum absolute atomic E-state index is 0.0265. The highest BCUT2D eigenvalue weighted by Gasteiger charge is 2.30. The molecule has 0 fully saturated rings. The Morgan fingerprint density at radius 3 is 2.27 bits per heavy atom. The highest BCUT2D eigenvalue weighted by molar-refractivity contribution is 6.09. The van der Waals surface area contributed by atoms with Crippen LogP contribution in [-0.4, -0.2) is 23.3 Å². The molecule has 2 heterocycles. The van der Waals surface area contributed by atoms with E-state index in [1.165, 1.54) is 12.5 Å². The minimum atomic E-state index is -0.186. The van der Waals surface area contributed by atoms with Crippen molar-refractivity contribution in [1.29, 1.82) is 0 Å². The highest BCUT2D eigenvalue weighted by Crippen LogP contribution is 2.35. The minimum Gasteiger partial charge on any atom is -0.435 e. The number of amides is 2. The molecule has 6 nitrogen and oxygen atoms in total. The molecule has 188 valence electrons. The summed E-state index contributed by atoms with van der Waals surface area (Å²) in [4.78, 5) is 31.9. The standard InChI is InChI=1S/C31H31N3O3/c1-20(35)32-25-17-13-22(14-18-25)28-27(30(36)34-19-7-9-21-8-5-6-10-26(21)34)33-29(37-28)23-11-15-24(16-12-23)31(2,3)4/h5-6,8,10-18H,7,9,19H2,1-4H3,(H,32,35). The van der Waals surface area contributed by atoms with Gasteiger partial charge in [-0.05, 0) is 71.8 Å². The summed E-state index contributed by atoms with van der Waals surface area (Å²) in [6.45, 7) is 8.60. The molecule has 0 saturated carbocycles. The second-order valence-electron chi connectivity index (χ2n) is 10.5. The third-order valence-electron chi connectivity index (χ3n) is 6.65. The van der Waals surface area contributed by atoms with Crippen LogP contribution in [0.3, 0.4) is 0 Å². The van der Waals surface area contributed by atoms with Crippen molar-refractivity contribution in [3.05, 3.63) is 89.6 Å². The Morgan fingerprint density at radius 2 is 1.59 bits per heavy atom. The molecule has 0 radical (unpaired) electrons. The summed E-state index contributed by atoms with van der Waals surface area (Å²) in [5.41, 5.74) is 5.78. The van der Waals surface area contributed by atoms with Crippen LogP contribution in [0.15, 0.2) is 77.2 Å². The van der Waals surface area contributed by atoms with Crippen molar-refractivity contribution in [1.82, 2.24) is 4.98 Å². The largest absolute Gasteiger partial charge is 0.435 e. The SMILES string of the molecule is CC(=O)Nc1ccc(-c2oc(-c3ccc(C(C)(C)C)cc3)nc2C(=O)N2CCCc3ccccc32)cc1. The van der Waals surface area contributed by atoms with E-state index >= 15 is 0 Å². The van der Waals surface area contributed by atoms with E-state index < -0.39 is 0 Å². The molecule has 37 heavy (non-hydrogen) atoms. The number of carbonyl (C=O) groups excluding carboxylic acids is 2. The molecule has 6 heteroatoms. The van der Waals surface area contributed by atoms with E-state index in [9.17, 15) is 9.59 Å². The normalized spacial score (nSPS) is 13.2. The number of hydrogen-bond acceptors (Lipinski definition) is 4. The Balaban J connectivity index is 1.58. The molecule has 5 rings (SSSR count). The Bertz CT molecular complexity index is 1440. The van der Waals surface area contributed by atoms with Crippen molar-refractivity contribution in [2.75, 3.05) is 16.8 Å². The van der Waals surface area contributed by atoms with E-state index in [1.54, 1.807) is 17.0 Å². The quantitative estimate of drug-likeness (QED) is 0.337. The van der Waals surface area contributed by atoms with E-state index in [-0.39, 0.29) is 22.9 Å². The number of benzene rings is 3. The lowest BCUT2D eigenvalue weighted by Gasteiger charge is -2.29. The zero-order valence-electron chi connectivity index (χ0n) is 21.7. The smallest absolute Gasteiger partial charge is 0.280 e. The number of anilines is 2. The van der Waals surface area contributed by atoms with Gasteiger partial charge in [-0.1, -0.05) is 51.1 Å². The lowest BCUT2D eigenvalue weighted by atomic mass is 9.87. The molecular weight excluding hydrogens is 462 g/mol. The van der Waals surface area contributed by atoms with E-state index in [2.05, 4.69) is 44.3 Å². The maximum absolute atomic E-state index is 13.9. The molecule has 0 spiro atoms. The van der Waals surface area contributed by atoms with Crippen LogP contribution in [0.1, 0.15) is 55.7 Å². The first-order valence-corrected chi connectivity index (χ1v) is 12.6. The van der Waals surface area contributed by atoms with Crippen LogP contribution in [0, 0.1) is 0 Å². The first kappa shape index (κ1) is 24.5. The molecule has 1 N–H and O–H groups in total. The first-order valence-electron chi connectivity index (χ1n) is 12.6. The number of hydrogen-bond donors (Lipinski definition) is 1. The molecule has 1 aliphatic heterocycles. The average molecular weight is 494 g/mol. The van der Waals surface area contributed by atoms with Gasteiger partial charge in [0.05, 0.1) is 0 Å². The molecule has 0 bridgehead atoms. The third-order valence-corrected chi connectivity index (χ3v) is 6.65. The highest BCUT2D eigenvalue weighted by atomic mass is 16.4. The number of para-hydroxylation sites is 1. The topological polar surface area (TPSA) is 75.4 Å². The van der Waals surface area contributed by atoms with E-state index in [1.807, 2.05) is 42.5 Å². The van der Waals surface area contributed by atoms with Crippen molar-refractivity contribution in [2.45, 2.75) is 46.0 Å². The van der Waals surface area contributed by atoms with Crippen molar-refractivity contribution in [3.63, 3.8) is 0 Å². The number of rotatable bonds is 4. The van der Waals surface area contributed by atoms with Gasteiger partial charge in [0.2, 0.25) is 11.8 Å². The number of aromatic nitrogens is 1. The molecule has 0 saturated heterocycles. The van der Waals surface area contributed by atoms with Gasteiger partial charge in [-0.15, -0.1) is 0 Å². The van der Waals surface area contributed by atoms with Gasteiger partial charge in [0.25, 0.3) is 5.91 Å². The summed E-state index contributed by atoms with van der Waals surface area (Å²) in [6, 6.07) is 23.4. The van der Waals surface area contributed by atoms with E-state index in [4.69, 9.17) is 9.40 Å². The molecule has 0 unspecified atom stereocenters. The first-order chi connectivity index (χ1) is 17.7. The summed E-state index contributed by atoms with van der Waals surface area (Å²) in [5.74, 6) is 0.481. The monoisotopic (exact) mass is 493 g/mol. The molecule has 1 aromatic heterocycles. The fourth-order valence-corrected chi connectivity index (χ4v) is 4.68. The predicted octanol–water partition coefficient (Wildman–Crippen LogP) is 6.86. The fourth-order valence-electron chi connectivity index (χ4n) is 4.68. The zero-order valence-corrected chi connectivity index (χ0v) is 21.7. The summed E-state index contributed by atoms with van der Waals surface area (Å²) < 4.78 is 6.29. The average Bonchev–Trinajstić information content (AvgIpc) is 3.33. The second-order valence-corrected chi connectivity index (χ2v) is 10.5. The number of carbonyl (C=O) groups is 2. The molecule has 0 atom stereocenters. The van der Waals surface area contributed by atoms with Gasteiger partial charge in [-0.3, -0.25) is 9.59 Å². The van der Waals surface area contributed by atoms with Gasteiger partial charge in [-0.2, -0.15) is 0 Å². The van der Waals surface area contributed by atoms with Crippen molar-refractivity contribution < 1.29 is 14.0 Å². The summed E-state index contributed by atoms with van der Waals surface area (Å²) in [7, 11) is 0. The lowest BCUT2D eigenvalue weighted by Crippen LogP contribution is -2.35. The zero-order chi connectivity index (χ0) is 26.2. The number of fused-ring (bicyclic) bond motifs is 1. The molecule has 4 aromatic rings. The van der Waals surface area contributed by atoms with Gasteiger partial charge in [0.1, 0.15) is 0 Å². The molecule has 2 amide bonds. The Hall–Kier alpha value is -4.19. The van der Waals surface area contributed by atoms with Gasteiger partial charge in [0.15, 0.2) is 11.5 Å². The van der Waals surface area contributed by atoms with Crippen LogP contribution < -0.4 is 10.2 Å². The molecular formula is C31H31N3O3. The lowest BCUT2D eigenvalue weighted by molar-refractivity contribution is -0.114. The van der Waals surface area contributed by atoms with Gasteiger partial charge in [0, 0.05) is 36.0 Å². The molecule has 3 aromatic carbocycles. The summed E-state index contributed by atoms with van der Waals surface area (Å²) in [6.07, 6.45) is 1.84. The Labute approximate surface area is 217 Å². The Kier molecular flexibility index (Phi) is 6.42. The van der Waals surface area contributed by atoms with Crippen molar-refractivity contribution in [2.24, 2.45) is 0 Å². The van der Waals surface area contributed by atoms with E-state index in [0.717, 1.165) is 29.7 Å². The van der Waals surface area contributed by atoms with Gasteiger partial charge >= 0.3 is 0 Å². The van der Waals surface area contributed by atoms with Crippen LogP contribution >= 0.6 is 0 Å². The summed E-state index contributed by atoms with van der Waals surface area (Å²) >= 11 is 0. The fraction of sp³-hybridized carbons (Fsp3) is 0.258. The van der Waals surface area contributed by atoms with Crippen LogP contribution in [0.5, 0.6) is 0 Å². The van der Waals surface area contributed by atoms with Crippen LogP contribution in [-0.2, 0) is 16.6 Å². The number of nitrogens with zero attached hydrogens (tertiary/aromatic N) is 2. The van der Waals surface area contributed by atoms with Crippen molar-refractivity contribution >= 4 is 23.2 Å². The third kappa shape index (κ3) is 5.05.